The molecule has 0 aliphatic heterocycles. The highest BCUT2D eigenvalue weighted by Crippen LogP contribution is 2.35. The Labute approximate surface area is 329 Å². The monoisotopic (exact) mass is 790 g/mol. The van der Waals surface area contributed by atoms with E-state index in [0.717, 1.165) is 54.4 Å². The molecule has 0 radical (unpaired) electrons. The molecule has 0 heterocycles. The fourth-order valence-corrected chi connectivity index (χ4v) is 5.73. The first-order valence-corrected chi connectivity index (χ1v) is 18.0. The third kappa shape index (κ3) is 25.7. The van der Waals surface area contributed by atoms with Gasteiger partial charge in [0.1, 0.15) is 33.0 Å². The molecule has 0 saturated heterocycles. The average Bonchev–Trinajstić information content (AvgIpc) is 3.22. The van der Waals surface area contributed by atoms with Crippen molar-refractivity contribution >= 4 is 42.0 Å². The molecule has 16 nitrogen and oxygen atoms in total. The highest BCUT2D eigenvalue weighted by Gasteiger charge is 2.39. The number of aliphatic hydroxyl groups is 1. The molecule has 0 unspecified atom stereocenters. The number of isocyanates is 2. The fraction of sp³-hybridized carbons (Fsp3) is 0.575. The second kappa shape index (κ2) is 33.1. The lowest BCUT2D eigenvalue weighted by Crippen LogP contribution is -2.46. The van der Waals surface area contributed by atoms with Crippen LogP contribution in [-0.2, 0) is 62.0 Å². The summed E-state index contributed by atoms with van der Waals surface area (Å²) in [6, 6.07) is 0. The van der Waals surface area contributed by atoms with E-state index >= 15 is 0 Å². The van der Waals surface area contributed by atoms with Crippen molar-refractivity contribution in [1.82, 2.24) is 0 Å². The number of hydrogen-bond donors (Lipinski definition) is 3. The Morgan fingerprint density at radius 2 is 0.768 bits per heavy atom. The van der Waals surface area contributed by atoms with Gasteiger partial charge in [0.15, 0.2) is 0 Å². The molecule has 0 aromatic carbocycles. The van der Waals surface area contributed by atoms with Crippen LogP contribution in [0.4, 0.5) is 0 Å². The minimum Gasteiger partial charge on any atom is -0.462 e. The Kier molecular flexibility index (Phi) is 31.2. The lowest BCUT2D eigenvalue weighted by Gasteiger charge is -2.34. The predicted octanol–water partition coefficient (Wildman–Crippen LogP) is 4.95. The van der Waals surface area contributed by atoms with Crippen molar-refractivity contribution in [2.24, 2.45) is 22.7 Å². The topological polar surface area (TPSA) is 243 Å². The summed E-state index contributed by atoms with van der Waals surface area (Å²) in [5, 5.41) is 20.9. The summed E-state index contributed by atoms with van der Waals surface area (Å²) in [6.45, 7) is 12.8. The molecule has 2 aliphatic carbocycles. The van der Waals surface area contributed by atoms with Crippen molar-refractivity contribution in [3.63, 3.8) is 0 Å². The standard InChI is InChI=1S/C25H32O12.C13H24.2CHNO/c1-6-19(27)33-14-24(11-26,15-34-20(28)7-2)12-32-13-25(16-35-21(29)8-3,17-36-22(30)9-4)18-37-23(31)10-5;1-3-7-12(8-4-1)11-13-9-5-2-6-10-13;2*2-1-3/h6-10,26H,1-5,11-18H2;12-13H,1-11H2;2*2H. The third-order valence-electron chi connectivity index (χ3n) is 8.70. The van der Waals surface area contributed by atoms with Crippen molar-refractivity contribution < 1.29 is 67.1 Å². The van der Waals surface area contributed by atoms with Gasteiger partial charge >= 0.3 is 29.8 Å². The minimum atomic E-state index is -1.44. The number of esters is 5. The van der Waals surface area contributed by atoms with Crippen LogP contribution in [0.5, 0.6) is 0 Å². The normalized spacial score (nSPS) is 13.8. The lowest BCUT2D eigenvalue weighted by atomic mass is 9.78. The van der Waals surface area contributed by atoms with E-state index in [9.17, 15) is 29.1 Å². The summed E-state index contributed by atoms with van der Waals surface area (Å²) in [6.07, 6.45) is 22.9. The molecule has 2 aliphatic rings. The van der Waals surface area contributed by atoms with Crippen LogP contribution in [0.25, 0.3) is 0 Å². The average molecular weight is 791 g/mol. The second-order valence-corrected chi connectivity index (χ2v) is 13.2. The van der Waals surface area contributed by atoms with Crippen LogP contribution in [0.15, 0.2) is 63.3 Å². The smallest absolute Gasteiger partial charge is 0.330 e. The van der Waals surface area contributed by atoms with Gasteiger partial charge in [0.2, 0.25) is 12.2 Å². The zero-order valence-electron chi connectivity index (χ0n) is 32.3. The summed E-state index contributed by atoms with van der Waals surface area (Å²) in [4.78, 5) is 75.0. The highest BCUT2D eigenvalue weighted by molar-refractivity contribution is 5.82. The van der Waals surface area contributed by atoms with E-state index in [0.29, 0.717) is 0 Å². The zero-order chi connectivity index (χ0) is 42.7. The van der Waals surface area contributed by atoms with E-state index in [1.807, 2.05) is 0 Å². The molecule has 0 amide bonds. The second-order valence-electron chi connectivity index (χ2n) is 13.2. The number of carbonyl (C=O) groups excluding carboxylic acids is 7. The molecule has 2 rings (SSSR count). The van der Waals surface area contributed by atoms with Crippen LogP contribution in [0, 0.1) is 33.5 Å². The summed E-state index contributed by atoms with van der Waals surface area (Å²) < 4.78 is 31.1. The van der Waals surface area contributed by atoms with Gasteiger partial charge in [-0.3, -0.25) is 0 Å². The molecule has 0 aromatic rings. The number of rotatable bonds is 22. The quantitative estimate of drug-likeness (QED) is 0.0432. The van der Waals surface area contributed by atoms with Gasteiger partial charge in [0.05, 0.1) is 30.7 Å². The maximum atomic E-state index is 11.7. The maximum Gasteiger partial charge on any atom is 0.330 e. The minimum absolute atomic E-state index is 0.375. The molecule has 2 saturated carbocycles. The highest BCUT2D eigenvalue weighted by atomic mass is 16.6. The number of aliphatic hydroxyl groups excluding tert-OH is 1. The van der Waals surface area contributed by atoms with Crippen molar-refractivity contribution in [3.8, 4) is 0 Å². The van der Waals surface area contributed by atoms with Gasteiger partial charge in [-0.15, -0.1) is 0 Å². The number of hydrogen-bond acceptors (Lipinski definition) is 16. The van der Waals surface area contributed by atoms with Gasteiger partial charge in [-0.1, -0.05) is 97.1 Å². The summed E-state index contributed by atoms with van der Waals surface area (Å²) in [5.74, 6) is -1.79. The van der Waals surface area contributed by atoms with Crippen LogP contribution >= 0.6 is 0 Å². The van der Waals surface area contributed by atoms with Gasteiger partial charge in [0, 0.05) is 30.4 Å². The molecule has 2 fully saturated rings. The zero-order valence-corrected chi connectivity index (χ0v) is 32.3. The Hall–Kier alpha value is -5.27. The lowest BCUT2D eigenvalue weighted by molar-refractivity contribution is -0.166. The van der Waals surface area contributed by atoms with Crippen molar-refractivity contribution in [3.05, 3.63) is 63.3 Å². The molecule has 0 atom stereocenters. The van der Waals surface area contributed by atoms with Crippen molar-refractivity contribution in [1.29, 1.82) is 10.8 Å². The predicted molar refractivity (Wildman–Crippen MR) is 203 cm³/mol. The molecule has 0 aromatic heterocycles. The van der Waals surface area contributed by atoms with E-state index < -0.39 is 80.3 Å². The maximum absolute atomic E-state index is 11.7. The van der Waals surface area contributed by atoms with Gasteiger partial charge in [-0.05, 0) is 18.3 Å². The molecular weight excluding hydrogens is 732 g/mol. The first-order valence-electron chi connectivity index (χ1n) is 18.0. The Balaban J connectivity index is 0. The van der Waals surface area contributed by atoms with Gasteiger partial charge in [0.25, 0.3) is 0 Å². The van der Waals surface area contributed by atoms with E-state index in [2.05, 4.69) is 32.9 Å². The van der Waals surface area contributed by atoms with Crippen LogP contribution in [0.2, 0.25) is 0 Å². The van der Waals surface area contributed by atoms with E-state index in [4.69, 9.17) is 48.8 Å². The first-order chi connectivity index (χ1) is 26.8. The number of carbonyl (C=O) groups is 5. The van der Waals surface area contributed by atoms with E-state index in [-0.39, 0.29) is 13.2 Å². The molecule has 56 heavy (non-hydrogen) atoms. The van der Waals surface area contributed by atoms with Gasteiger partial charge in [-0.25, -0.2) is 44.4 Å². The summed E-state index contributed by atoms with van der Waals surface area (Å²) in [7, 11) is 0. The van der Waals surface area contributed by atoms with Crippen molar-refractivity contribution in [2.75, 3.05) is 52.9 Å². The Bertz CT molecular complexity index is 1210. The van der Waals surface area contributed by atoms with Crippen LogP contribution in [0.1, 0.15) is 70.6 Å². The number of nitrogens with one attached hydrogen (secondary N) is 2. The molecule has 312 valence electrons. The fourth-order valence-electron chi connectivity index (χ4n) is 5.73. The molecule has 16 heteroatoms. The van der Waals surface area contributed by atoms with E-state index in [1.54, 1.807) is 32.1 Å². The third-order valence-corrected chi connectivity index (χ3v) is 8.70. The first kappa shape index (κ1) is 52.8. The SMILES string of the molecule is C1CCC(CC2CCCCC2)CC1.C=CC(=O)OCC(CO)(COCC(COC(=O)C=C)(COC(=O)C=C)COC(=O)C=C)COC(=O)C=C.N=C=O.N=C=O. The van der Waals surface area contributed by atoms with Crippen LogP contribution in [0.3, 0.4) is 0 Å². The Morgan fingerprint density at radius 1 is 0.518 bits per heavy atom. The molecular formula is C40H58N2O14. The van der Waals surface area contributed by atoms with Crippen LogP contribution in [-0.4, -0.2) is 100.0 Å². The van der Waals surface area contributed by atoms with Gasteiger partial charge < -0.3 is 33.5 Å². The molecule has 0 spiro atoms. The van der Waals surface area contributed by atoms with Gasteiger partial charge in [-0.2, -0.15) is 0 Å². The van der Waals surface area contributed by atoms with E-state index in [1.165, 1.54) is 38.5 Å². The number of ether oxygens (including phenoxy) is 6. The molecule has 3 N–H and O–H groups in total. The van der Waals surface area contributed by atoms with Crippen molar-refractivity contribution in [2.45, 2.75) is 70.6 Å². The Morgan fingerprint density at radius 3 is 1.02 bits per heavy atom. The summed E-state index contributed by atoms with van der Waals surface area (Å²) >= 11 is 0. The summed E-state index contributed by atoms with van der Waals surface area (Å²) in [5.41, 5.74) is -2.87. The molecule has 0 bridgehead atoms. The largest absolute Gasteiger partial charge is 0.462 e. The van der Waals surface area contributed by atoms with Crippen LogP contribution < -0.4 is 0 Å².